The second-order valence-corrected chi connectivity index (χ2v) is 5.48. The third-order valence-corrected chi connectivity index (χ3v) is 3.85. The first kappa shape index (κ1) is 14.9. The monoisotopic (exact) mass is 324 g/mol. The molecule has 8 heteroatoms. The zero-order valence-electron chi connectivity index (χ0n) is 11.6. The van der Waals surface area contributed by atoms with Gasteiger partial charge in [0.1, 0.15) is 18.2 Å². The molecule has 6 nitrogen and oxygen atoms in total. The number of hydrogen-bond donors (Lipinski definition) is 2. The summed E-state index contributed by atoms with van der Waals surface area (Å²) in [6.45, 7) is 0.938. The third kappa shape index (κ3) is 3.10. The van der Waals surface area contributed by atoms with Gasteiger partial charge >= 0.3 is 0 Å². The van der Waals surface area contributed by atoms with E-state index in [0.717, 1.165) is 6.42 Å². The lowest BCUT2D eigenvalue weighted by Crippen LogP contribution is -2.31. The molecule has 2 N–H and O–H groups in total. The number of rotatable bonds is 4. The number of carbonyl (C=O) groups is 1. The van der Waals surface area contributed by atoms with Gasteiger partial charge in [0.25, 0.3) is 5.91 Å². The molecule has 0 spiro atoms. The Morgan fingerprint density at radius 2 is 2.41 bits per heavy atom. The highest BCUT2D eigenvalue weighted by Gasteiger charge is 2.32. The van der Waals surface area contributed by atoms with E-state index in [1.54, 1.807) is 0 Å². The summed E-state index contributed by atoms with van der Waals surface area (Å²) >= 11 is 5.79. The van der Waals surface area contributed by atoms with Gasteiger partial charge in [-0.2, -0.15) is 5.10 Å². The van der Waals surface area contributed by atoms with Crippen molar-refractivity contribution in [3.63, 3.8) is 0 Å². The molecule has 0 radical (unpaired) electrons. The second-order valence-electron chi connectivity index (χ2n) is 5.05. The van der Waals surface area contributed by atoms with Gasteiger partial charge in [0, 0.05) is 24.1 Å². The summed E-state index contributed by atoms with van der Waals surface area (Å²) in [7, 11) is 0. The minimum Gasteiger partial charge on any atom is -0.370 e. The van der Waals surface area contributed by atoms with Gasteiger partial charge < -0.3 is 10.1 Å². The fraction of sp³-hybridized carbons (Fsp3) is 0.357. The molecule has 1 aliphatic rings. The Labute approximate surface area is 131 Å². The molecular weight excluding hydrogens is 311 g/mol. The Hall–Kier alpha value is -1.99. The number of aromatic nitrogens is 3. The van der Waals surface area contributed by atoms with Crippen LogP contribution >= 0.6 is 11.6 Å². The maximum absolute atomic E-state index is 13.7. The number of aromatic amines is 1. The molecule has 1 saturated heterocycles. The summed E-state index contributed by atoms with van der Waals surface area (Å²) in [5.41, 5.74) is -0.0670. The number of ether oxygens (including phenoxy) is 1. The lowest BCUT2D eigenvalue weighted by molar-refractivity contribution is 0.0797. The van der Waals surface area contributed by atoms with Crippen molar-refractivity contribution in [3.05, 3.63) is 46.8 Å². The van der Waals surface area contributed by atoms with Crippen LogP contribution in [0.4, 0.5) is 4.39 Å². The molecule has 116 valence electrons. The first-order valence-electron chi connectivity index (χ1n) is 6.85. The first-order chi connectivity index (χ1) is 10.6. The molecule has 0 aliphatic carbocycles. The van der Waals surface area contributed by atoms with E-state index >= 15 is 0 Å². The Morgan fingerprint density at radius 1 is 1.55 bits per heavy atom. The van der Waals surface area contributed by atoms with Crippen molar-refractivity contribution in [1.29, 1.82) is 0 Å². The SMILES string of the molecule is O=C(NC[C@@H]1CCO[C@@H]1c1ncn[nH]1)c1cc(Cl)ccc1F. The highest BCUT2D eigenvalue weighted by atomic mass is 35.5. The van der Waals surface area contributed by atoms with Gasteiger partial charge in [-0.3, -0.25) is 9.89 Å². The third-order valence-electron chi connectivity index (χ3n) is 3.62. The van der Waals surface area contributed by atoms with E-state index < -0.39 is 11.7 Å². The van der Waals surface area contributed by atoms with Gasteiger partial charge in [-0.1, -0.05) is 11.6 Å². The van der Waals surface area contributed by atoms with Crippen LogP contribution in [-0.2, 0) is 4.74 Å². The molecule has 0 unspecified atom stereocenters. The van der Waals surface area contributed by atoms with Crippen LogP contribution in [0.5, 0.6) is 0 Å². The van der Waals surface area contributed by atoms with Gasteiger partial charge in [-0.05, 0) is 24.6 Å². The molecule has 22 heavy (non-hydrogen) atoms. The molecule has 1 amide bonds. The number of nitrogens with one attached hydrogen (secondary N) is 2. The van der Waals surface area contributed by atoms with Crippen LogP contribution in [0.25, 0.3) is 0 Å². The fourth-order valence-electron chi connectivity index (χ4n) is 2.49. The number of benzene rings is 1. The smallest absolute Gasteiger partial charge is 0.254 e. The number of halogens is 2. The van der Waals surface area contributed by atoms with Gasteiger partial charge in [-0.15, -0.1) is 0 Å². The molecule has 0 saturated carbocycles. The Morgan fingerprint density at radius 3 is 3.18 bits per heavy atom. The Bertz CT molecular complexity index is 665. The number of amides is 1. The Kier molecular flexibility index (Phi) is 4.35. The number of hydrogen-bond acceptors (Lipinski definition) is 4. The van der Waals surface area contributed by atoms with Crippen molar-refractivity contribution in [2.24, 2.45) is 5.92 Å². The maximum atomic E-state index is 13.7. The molecule has 2 atom stereocenters. The maximum Gasteiger partial charge on any atom is 0.254 e. The number of H-pyrrole nitrogens is 1. The minimum absolute atomic E-state index is 0.0548. The quantitative estimate of drug-likeness (QED) is 0.902. The predicted octanol–water partition coefficient (Wildman–Crippen LogP) is 2.10. The molecule has 1 aliphatic heterocycles. The van der Waals surface area contributed by atoms with Gasteiger partial charge in [0.15, 0.2) is 5.82 Å². The first-order valence-corrected chi connectivity index (χ1v) is 7.23. The van der Waals surface area contributed by atoms with Crippen LogP contribution in [0.15, 0.2) is 24.5 Å². The second kappa shape index (κ2) is 6.41. The predicted molar refractivity (Wildman–Crippen MR) is 76.9 cm³/mol. The van der Waals surface area contributed by atoms with E-state index in [1.165, 1.54) is 24.5 Å². The van der Waals surface area contributed by atoms with E-state index in [9.17, 15) is 9.18 Å². The normalized spacial score (nSPS) is 21.0. The average Bonchev–Trinajstić information content (AvgIpc) is 3.17. The topological polar surface area (TPSA) is 79.9 Å². The van der Waals surface area contributed by atoms with Crippen LogP contribution in [-0.4, -0.2) is 34.2 Å². The standard InChI is InChI=1S/C14H14ClFN4O2/c15-9-1-2-11(16)10(5-9)14(21)17-6-8-3-4-22-12(8)13-18-7-19-20-13/h1-2,5,7-8,12H,3-4,6H2,(H,17,21)(H,18,19,20)/t8-,12-/m0/s1. The van der Waals surface area contributed by atoms with Crippen LogP contribution in [0.2, 0.25) is 5.02 Å². The van der Waals surface area contributed by atoms with Crippen LogP contribution in [0.1, 0.15) is 28.7 Å². The molecule has 2 aromatic rings. The van der Waals surface area contributed by atoms with E-state index in [1.807, 2.05) is 0 Å². The Balaban J connectivity index is 1.64. The van der Waals surface area contributed by atoms with Crippen molar-refractivity contribution in [3.8, 4) is 0 Å². The summed E-state index contributed by atoms with van der Waals surface area (Å²) in [5, 5.41) is 9.60. The molecule has 1 fully saturated rings. The zero-order chi connectivity index (χ0) is 15.5. The van der Waals surface area contributed by atoms with Crippen molar-refractivity contribution < 1.29 is 13.9 Å². The van der Waals surface area contributed by atoms with Gasteiger partial charge in [0.2, 0.25) is 0 Å². The number of nitrogens with zero attached hydrogens (tertiary/aromatic N) is 2. The van der Waals surface area contributed by atoms with Crippen LogP contribution in [0, 0.1) is 11.7 Å². The lowest BCUT2D eigenvalue weighted by atomic mass is 10.0. The van der Waals surface area contributed by atoms with Crippen LogP contribution in [0.3, 0.4) is 0 Å². The summed E-state index contributed by atoms with van der Waals surface area (Å²) in [6, 6.07) is 3.89. The van der Waals surface area contributed by atoms with Crippen molar-refractivity contribution in [1.82, 2.24) is 20.5 Å². The fourth-order valence-corrected chi connectivity index (χ4v) is 2.66. The minimum atomic E-state index is -0.601. The molecular formula is C14H14ClFN4O2. The summed E-state index contributed by atoms with van der Waals surface area (Å²) in [5.74, 6) is -0.413. The van der Waals surface area contributed by atoms with E-state index in [0.29, 0.717) is 24.0 Å². The molecule has 0 bridgehead atoms. The highest BCUT2D eigenvalue weighted by Crippen LogP contribution is 2.31. The van der Waals surface area contributed by atoms with Crippen molar-refractivity contribution in [2.75, 3.05) is 13.2 Å². The molecule has 1 aromatic carbocycles. The van der Waals surface area contributed by atoms with E-state index in [4.69, 9.17) is 16.3 Å². The van der Waals surface area contributed by atoms with E-state index in [2.05, 4.69) is 20.5 Å². The largest absolute Gasteiger partial charge is 0.370 e. The van der Waals surface area contributed by atoms with Gasteiger partial charge in [0.05, 0.1) is 5.56 Å². The average molecular weight is 325 g/mol. The molecule has 3 rings (SSSR count). The van der Waals surface area contributed by atoms with Crippen molar-refractivity contribution in [2.45, 2.75) is 12.5 Å². The van der Waals surface area contributed by atoms with Crippen LogP contribution < -0.4 is 5.32 Å². The van der Waals surface area contributed by atoms with Crippen molar-refractivity contribution >= 4 is 17.5 Å². The summed E-state index contributed by atoms with van der Waals surface area (Å²) in [4.78, 5) is 16.2. The molecule has 2 heterocycles. The number of carbonyl (C=O) groups excluding carboxylic acids is 1. The van der Waals surface area contributed by atoms with Gasteiger partial charge in [-0.25, -0.2) is 9.37 Å². The summed E-state index contributed by atoms with van der Waals surface area (Å²) < 4.78 is 19.3. The highest BCUT2D eigenvalue weighted by molar-refractivity contribution is 6.30. The molecule has 1 aromatic heterocycles. The zero-order valence-corrected chi connectivity index (χ0v) is 12.3. The summed E-state index contributed by atoms with van der Waals surface area (Å²) in [6.07, 6.45) is 1.95. The van der Waals surface area contributed by atoms with E-state index in [-0.39, 0.29) is 17.6 Å². The lowest BCUT2D eigenvalue weighted by Gasteiger charge is -2.16.